The van der Waals surface area contributed by atoms with E-state index in [1.54, 1.807) is 24.5 Å². The van der Waals surface area contributed by atoms with Crippen LogP contribution in [0.5, 0.6) is 0 Å². The number of benzene rings is 1. The lowest BCUT2D eigenvalue weighted by Crippen LogP contribution is -2.17. The average molecular weight is 290 g/mol. The molecule has 0 unspecified atom stereocenters. The van der Waals surface area contributed by atoms with E-state index in [-0.39, 0.29) is 5.91 Å². The lowest BCUT2D eigenvalue weighted by molar-refractivity contribution is 0.102. The van der Waals surface area contributed by atoms with Gasteiger partial charge in [0.25, 0.3) is 5.91 Å². The fourth-order valence-corrected chi connectivity index (χ4v) is 2.03. The lowest BCUT2D eigenvalue weighted by Gasteiger charge is -2.17. The monoisotopic (exact) mass is 289 g/mol. The highest BCUT2D eigenvalue weighted by atomic mass is 35.5. The number of nitrogens with zero attached hydrogens (tertiary/aromatic N) is 2. The van der Waals surface area contributed by atoms with Gasteiger partial charge in [-0.05, 0) is 23.8 Å². The summed E-state index contributed by atoms with van der Waals surface area (Å²) in [4.78, 5) is 18.2. The highest BCUT2D eigenvalue weighted by Crippen LogP contribution is 2.23. The number of amides is 1. The first-order chi connectivity index (χ1) is 9.61. The standard InChI is InChI=1S/C15H16ClN3O/c1-19(2)14-6-7-17-10-13(14)18-15(20)12-5-3-4-11(8-12)9-16/h3-8,10H,9H2,1-2H3,(H,18,20). The molecule has 20 heavy (non-hydrogen) atoms. The van der Waals surface area contributed by atoms with Crippen molar-refractivity contribution >= 4 is 28.9 Å². The molecular weight excluding hydrogens is 274 g/mol. The summed E-state index contributed by atoms with van der Waals surface area (Å²) in [6, 6.07) is 9.11. The van der Waals surface area contributed by atoms with E-state index in [0.29, 0.717) is 17.1 Å². The molecule has 1 amide bonds. The third-order valence-corrected chi connectivity index (χ3v) is 3.18. The first-order valence-corrected chi connectivity index (χ1v) is 6.73. The lowest BCUT2D eigenvalue weighted by atomic mass is 10.1. The average Bonchev–Trinajstić information content (AvgIpc) is 2.47. The number of carbonyl (C=O) groups excluding carboxylic acids is 1. The van der Waals surface area contributed by atoms with E-state index in [2.05, 4.69) is 10.3 Å². The minimum atomic E-state index is -0.173. The van der Waals surface area contributed by atoms with Crippen molar-refractivity contribution in [3.05, 3.63) is 53.9 Å². The largest absolute Gasteiger partial charge is 0.376 e. The van der Waals surface area contributed by atoms with Crippen LogP contribution in [0.3, 0.4) is 0 Å². The zero-order valence-electron chi connectivity index (χ0n) is 11.4. The Morgan fingerprint density at radius 3 is 2.85 bits per heavy atom. The number of pyridine rings is 1. The molecule has 0 saturated heterocycles. The summed E-state index contributed by atoms with van der Waals surface area (Å²) in [5, 5.41) is 2.87. The van der Waals surface area contributed by atoms with E-state index in [9.17, 15) is 4.79 Å². The summed E-state index contributed by atoms with van der Waals surface area (Å²) < 4.78 is 0. The van der Waals surface area contributed by atoms with Crippen molar-refractivity contribution in [1.29, 1.82) is 0 Å². The Morgan fingerprint density at radius 1 is 1.35 bits per heavy atom. The van der Waals surface area contributed by atoms with Crippen molar-refractivity contribution in [3.63, 3.8) is 0 Å². The van der Waals surface area contributed by atoms with Gasteiger partial charge in [0.15, 0.2) is 0 Å². The fourth-order valence-electron chi connectivity index (χ4n) is 1.86. The SMILES string of the molecule is CN(C)c1ccncc1NC(=O)c1cccc(CCl)c1. The van der Waals surface area contributed by atoms with E-state index in [4.69, 9.17) is 11.6 Å². The Bertz CT molecular complexity index is 614. The molecule has 4 nitrogen and oxygen atoms in total. The minimum absolute atomic E-state index is 0.173. The number of carbonyl (C=O) groups is 1. The molecule has 1 N–H and O–H groups in total. The third kappa shape index (κ3) is 3.27. The molecule has 2 rings (SSSR count). The molecule has 0 saturated carbocycles. The van der Waals surface area contributed by atoms with Gasteiger partial charge in [-0.3, -0.25) is 9.78 Å². The van der Waals surface area contributed by atoms with Crippen LogP contribution in [0.25, 0.3) is 0 Å². The molecular formula is C15H16ClN3O. The van der Waals surface area contributed by atoms with Gasteiger partial charge in [-0.25, -0.2) is 0 Å². The quantitative estimate of drug-likeness (QED) is 0.880. The van der Waals surface area contributed by atoms with E-state index in [1.807, 2.05) is 37.2 Å². The summed E-state index contributed by atoms with van der Waals surface area (Å²) in [5.41, 5.74) is 3.08. The number of halogens is 1. The van der Waals surface area contributed by atoms with Gasteiger partial charge in [0, 0.05) is 31.7 Å². The molecule has 0 aliphatic rings. The molecule has 1 aromatic heterocycles. The second kappa shape index (κ2) is 6.39. The van der Waals surface area contributed by atoms with Gasteiger partial charge in [-0.15, -0.1) is 11.6 Å². The van der Waals surface area contributed by atoms with Crippen molar-refractivity contribution in [2.75, 3.05) is 24.3 Å². The predicted octanol–water partition coefficient (Wildman–Crippen LogP) is 3.14. The van der Waals surface area contributed by atoms with Crippen LogP contribution in [0.15, 0.2) is 42.7 Å². The summed E-state index contributed by atoms with van der Waals surface area (Å²) in [5.74, 6) is 0.213. The molecule has 1 heterocycles. The highest BCUT2D eigenvalue weighted by Gasteiger charge is 2.10. The van der Waals surface area contributed by atoms with Crippen molar-refractivity contribution in [2.45, 2.75) is 5.88 Å². The Kier molecular flexibility index (Phi) is 4.58. The Morgan fingerprint density at radius 2 is 2.15 bits per heavy atom. The van der Waals surface area contributed by atoms with Gasteiger partial charge in [0.2, 0.25) is 0 Å². The van der Waals surface area contributed by atoms with Crippen molar-refractivity contribution < 1.29 is 4.79 Å². The normalized spacial score (nSPS) is 10.2. The molecule has 0 atom stereocenters. The number of anilines is 2. The van der Waals surface area contributed by atoms with Crippen molar-refractivity contribution in [2.24, 2.45) is 0 Å². The van der Waals surface area contributed by atoms with Crippen LogP contribution in [-0.4, -0.2) is 25.0 Å². The van der Waals surface area contributed by atoms with Gasteiger partial charge in [0.1, 0.15) is 0 Å². The van der Waals surface area contributed by atoms with Crippen LogP contribution >= 0.6 is 11.6 Å². The number of aromatic nitrogens is 1. The van der Waals surface area contributed by atoms with Crippen LogP contribution in [0.1, 0.15) is 15.9 Å². The number of rotatable bonds is 4. The third-order valence-electron chi connectivity index (χ3n) is 2.87. The first kappa shape index (κ1) is 14.3. The van der Waals surface area contributed by atoms with Gasteiger partial charge < -0.3 is 10.2 Å². The summed E-state index contributed by atoms with van der Waals surface area (Å²) >= 11 is 5.78. The van der Waals surface area contributed by atoms with Crippen LogP contribution in [0.2, 0.25) is 0 Å². The van der Waals surface area contributed by atoms with Crippen LogP contribution in [-0.2, 0) is 5.88 Å². The van der Waals surface area contributed by atoms with Gasteiger partial charge in [-0.1, -0.05) is 12.1 Å². The fraction of sp³-hybridized carbons (Fsp3) is 0.200. The molecule has 0 spiro atoms. The molecule has 1 aromatic carbocycles. The maximum Gasteiger partial charge on any atom is 0.255 e. The Hall–Kier alpha value is -2.07. The molecule has 0 aliphatic heterocycles. The predicted molar refractivity (Wildman–Crippen MR) is 82.5 cm³/mol. The van der Waals surface area contributed by atoms with E-state index < -0.39 is 0 Å². The van der Waals surface area contributed by atoms with E-state index >= 15 is 0 Å². The van der Waals surface area contributed by atoms with Crippen LogP contribution in [0, 0.1) is 0 Å². The number of hydrogen-bond acceptors (Lipinski definition) is 3. The second-order valence-corrected chi connectivity index (χ2v) is 4.84. The first-order valence-electron chi connectivity index (χ1n) is 6.19. The van der Waals surface area contributed by atoms with Crippen molar-refractivity contribution in [3.8, 4) is 0 Å². The molecule has 5 heteroatoms. The maximum atomic E-state index is 12.3. The molecule has 2 aromatic rings. The topological polar surface area (TPSA) is 45.2 Å². The number of hydrogen-bond donors (Lipinski definition) is 1. The zero-order chi connectivity index (χ0) is 14.5. The molecule has 0 aliphatic carbocycles. The van der Waals surface area contributed by atoms with E-state index in [1.165, 1.54) is 0 Å². The summed E-state index contributed by atoms with van der Waals surface area (Å²) in [6.07, 6.45) is 3.33. The molecule has 0 radical (unpaired) electrons. The summed E-state index contributed by atoms with van der Waals surface area (Å²) in [7, 11) is 3.83. The smallest absolute Gasteiger partial charge is 0.255 e. The van der Waals surface area contributed by atoms with Gasteiger partial charge in [-0.2, -0.15) is 0 Å². The molecule has 104 valence electrons. The molecule has 0 fully saturated rings. The van der Waals surface area contributed by atoms with Gasteiger partial charge in [0.05, 0.1) is 17.6 Å². The molecule has 0 bridgehead atoms. The van der Waals surface area contributed by atoms with Gasteiger partial charge >= 0.3 is 0 Å². The summed E-state index contributed by atoms with van der Waals surface area (Å²) in [6.45, 7) is 0. The zero-order valence-corrected chi connectivity index (χ0v) is 12.2. The van der Waals surface area contributed by atoms with Crippen LogP contribution in [0.4, 0.5) is 11.4 Å². The van der Waals surface area contributed by atoms with Crippen LogP contribution < -0.4 is 10.2 Å². The van der Waals surface area contributed by atoms with Crippen molar-refractivity contribution in [1.82, 2.24) is 4.98 Å². The minimum Gasteiger partial charge on any atom is -0.376 e. The highest BCUT2D eigenvalue weighted by molar-refractivity contribution is 6.17. The Balaban J connectivity index is 2.23. The maximum absolute atomic E-state index is 12.3. The number of nitrogens with one attached hydrogen (secondary N) is 1. The second-order valence-electron chi connectivity index (χ2n) is 4.58. The Labute approximate surface area is 123 Å². The van der Waals surface area contributed by atoms with E-state index in [0.717, 1.165) is 11.3 Å². The number of alkyl halides is 1.